The van der Waals surface area contributed by atoms with Gasteiger partial charge in [-0.2, -0.15) is 8.42 Å². The van der Waals surface area contributed by atoms with Crippen LogP contribution < -0.4 is 4.90 Å². The molecule has 1 aromatic heterocycles. The standard InChI is InChI=1S/C9H8FIN2O3S/c10-17(15,16)6-3-9(14)13(5-6)8-1-2-12-4-7(8)11/h1-2,4,6H,3,5H2. The van der Waals surface area contributed by atoms with Crippen molar-refractivity contribution in [3.63, 3.8) is 0 Å². The Kier molecular flexibility index (Phi) is 3.34. The molecule has 17 heavy (non-hydrogen) atoms. The lowest BCUT2D eigenvalue weighted by Gasteiger charge is -2.17. The Bertz CT molecular complexity index is 563. The van der Waals surface area contributed by atoms with Gasteiger partial charge in [0.1, 0.15) is 5.25 Å². The maximum atomic E-state index is 12.8. The molecule has 5 nitrogen and oxygen atoms in total. The molecule has 0 saturated carbocycles. The van der Waals surface area contributed by atoms with E-state index in [0.29, 0.717) is 5.69 Å². The zero-order chi connectivity index (χ0) is 12.6. The molecule has 0 aromatic carbocycles. The molecule has 0 spiro atoms. The summed E-state index contributed by atoms with van der Waals surface area (Å²) >= 11 is 1.99. The summed E-state index contributed by atoms with van der Waals surface area (Å²) in [6.45, 7) is -0.141. The van der Waals surface area contributed by atoms with Crippen LogP contribution in [-0.4, -0.2) is 31.1 Å². The lowest BCUT2D eigenvalue weighted by atomic mass is 10.4. The monoisotopic (exact) mass is 370 g/mol. The third-order valence-corrected chi connectivity index (χ3v) is 4.47. The highest BCUT2D eigenvalue weighted by atomic mass is 127. The molecule has 8 heteroatoms. The predicted octanol–water partition coefficient (Wildman–Crippen LogP) is 1.09. The van der Waals surface area contributed by atoms with Crippen molar-refractivity contribution in [2.75, 3.05) is 11.4 Å². The molecule has 1 amide bonds. The summed E-state index contributed by atoms with van der Waals surface area (Å²) in [5.41, 5.74) is 0.566. The average Bonchev–Trinajstić information content (AvgIpc) is 2.61. The Balaban J connectivity index is 2.31. The van der Waals surface area contributed by atoms with Crippen LogP contribution in [-0.2, 0) is 15.0 Å². The van der Waals surface area contributed by atoms with Crippen LogP contribution in [0.3, 0.4) is 0 Å². The molecular formula is C9H8FIN2O3S. The number of rotatable bonds is 2. The van der Waals surface area contributed by atoms with Crippen LogP contribution in [0.5, 0.6) is 0 Å². The van der Waals surface area contributed by atoms with Crippen molar-refractivity contribution >= 4 is 44.4 Å². The zero-order valence-electron chi connectivity index (χ0n) is 8.51. The highest BCUT2D eigenvalue weighted by molar-refractivity contribution is 14.1. The number of halogens is 2. The van der Waals surface area contributed by atoms with Crippen molar-refractivity contribution in [1.29, 1.82) is 0 Å². The summed E-state index contributed by atoms with van der Waals surface area (Å²) in [6.07, 6.45) is 2.75. The van der Waals surface area contributed by atoms with Gasteiger partial charge in [0.15, 0.2) is 0 Å². The second-order valence-electron chi connectivity index (χ2n) is 3.63. The first-order chi connectivity index (χ1) is 7.89. The molecule has 1 aliphatic heterocycles. The average molecular weight is 370 g/mol. The number of hydrogen-bond acceptors (Lipinski definition) is 4. The van der Waals surface area contributed by atoms with Gasteiger partial charge >= 0.3 is 10.2 Å². The molecule has 1 saturated heterocycles. The minimum Gasteiger partial charge on any atom is -0.310 e. The van der Waals surface area contributed by atoms with Gasteiger partial charge in [-0.05, 0) is 28.7 Å². The first-order valence-electron chi connectivity index (χ1n) is 4.73. The molecule has 0 N–H and O–H groups in total. The summed E-state index contributed by atoms with van der Waals surface area (Å²) in [7, 11) is -4.67. The first kappa shape index (κ1) is 12.7. The third kappa shape index (κ3) is 2.57. The van der Waals surface area contributed by atoms with Gasteiger partial charge in [-0.3, -0.25) is 9.78 Å². The third-order valence-electron chi connectivity index (χ3n) is 2.53. The van der Waals surface area contributed by atoms with Crippen LogP contribution in [0.25, 0.3) is 0 Å². The van der Waals surface area contributed by atoms with Crippen molar-refractivity contribution in [3.8, 4) is 0 Å². The fraction of sp³-hybridized carbons (Fsp3) is 0.333. The molecule has 0 bridgehead atoms. The van der Waals surface area contributed by atoms with Crippen molar-refractivity contribution in [2.45, 2.75) is 11.7 Å². The van der Waals surface area contributed by atoms with Crippen molar-refractivity contribution < 1.29 is 17.1 Å². The molecule has 92 valence electrons. The topological polar surface area (TPSA) is 67.3 Å². The number of aromatic nitrogens is 1. The lowest BCUT2D eigenvalue weighted by molar-refractivity contribution is -0.117. The van der Waals surface area contributed by atoms with Crippen molar-refractivity contribution in [3.05, 3.63) is 22.0 Å². The van der Waals surface area contributed by atoms with Crippen LogP contribution in [0.2, 0.25) is 0 Å². The maximum Gasteiger partial charge on any atom is 0.307 e. The van der Waals surface area contributed by atoms with Gasteiger partial charge in [-0.15, -0.1) is 3.89 Å². The van der Waals surface area contributed by atoms with Crippen molar-refractivity contribution in [1.82, 2.24) is 4.98 Å². The van der Waals surface area contributed by atoms with E-state index in [2.05, 4.69) is 4.98 Å². The molecule has 1 aromatic rings. The summed E-state index contributed by atoms with van der Waals surface area (Å²) < 4.78 is 35.1. The number of anilines is 1. The number of hydrogen-bond donors (Lipinski definition) is 0. The summed E-state index contributed by atoms with van der Waals surface area (Å²) in [5, 5.41) is -1.26. The molecule has 2 heterocycles. The molecule has 1 atom stereocenters. The lowest BCUT2D eigenvalue weighted by Crippen LogP contribution is -2.27. The van der Waals surface area contributed by atoms with E-state index in [4.69, 9.17) is 0 Å². The number of carbonyl (C=O) groups is 1. The van der Waals surface area contributed by atoms with E-state index < -0.39 is 15.5 Å². The summed E-state index contributed by atoms with van der Waals surface area (Å²) in [6, 6.07) is 1.60. The predicted molar refractivity (Wildman–Crippen MR) is 67.7 cm³/mol. The maximum absolute atomic E-state index is 12.8. The number of nitrogens with zero attached hydrogens (tertiary/aromatic N) is 2. The van der Waals surface area contributed by atoms with Gasteiger partial charge in [-0.1, -0.05) is 0 Å². The minimum absolute atomic E-state index is 0.141. The Morgan fingerprint density at radius 2 is 2.24 bits per heavy atom. The van der Waals surface area contributed by atoms with Crippen LogP contribution in [0.15, 0.2) is 18.5 Å². The number of carbonyl (C=O) groups excluding carboxylic acids is 1. The Morgan fingerprint density at radius 3 is 2.76 bits per heavy atom. The smallest absolute Gasteiger partial charge is 0.307 e. The van der Waals surface area contributed by atoms with E-state index in [1.54, 1.807) is 12.3 Å². The van der Waals surface area contributed by atoms with E-state index in [1.807, 2.05) is 22.6 Å². The number of pyridine rings is 1. The zero-order valence-corrected chi connectivity index (χ0v) is 11.5. The normalized spacial score (nSPS) is 20.9. The summed E-state index contributed by atoms with van der Waals surface area (Å²) in [4.78, 5) is 16.8. The van der Waals surface area contributed by atoms with E-state index in [0.717, 1.165) is 3.57 Å². The molecule has 2 rings (SSSR count). The van der Waals surface area contributed by atoms with Crippen LogP contribution in [0, 0.1) is 3.57 Å². The number of amides is 1. The largest absolute Gasteiger partial charge is 0.310 e. The quantitative estimate of drug-likeness (QED) is 0.578. The first-order valence-corrected chi connectivity index (χ1v) is 7.25. The van der Waals surface area contributed by atoms with E-state index in [1.165, 1.54) is 11.1 Å². The molecular weight excluding hydrogens is 362 g/mol. The van der Waals surface area contributed by atoms with Crippen LogP contribution >= 0.6 is 22.6 Å². The Hall–Kier alpha value is -0.770. The molecule has 1 unspecified atom stereocenters. The molecule has 1 fully saturated rings. The van der Waals surface area contributed by atoms with E-state index in [9.17, 15) is 17.1 Å². The Labute approximate surface area is 111 Å². The second kappa shape index (κ2) is 4.48. The minimum atomic E-state index is -4.67. The van der Waals surface area contributed by atoms with Gasteiger partial charge in [0.2, 0.25) is 5.91 Å². The fourth-order valence-electron chi connectivity index (χ4n) is 1.68. The second-order valence-corrected chi connectivity index (χ2v) is 6.41. The van der Waals surface area contributed by atoms with Gasteiger partial charge in [0.05, 0.1) is 9.26 Å². The Morgan fingerprint density at radius 1 is 1.53 bits per heavy atom. The van der Waals surface area contributed by atoms with Crippen molar-refractivity contribution in [2.24, 2.45) is 0 Å². The van der Waals surface area contributed by atoms with Gasteiger partial charge < -0.3 is 4.90 Å². The van der Waals surface area contributed by atoms with Gasteiger partial charge in [0, 0.05) is 25.4 Å². The van der Waals surface area contributed by atoms with E-state index in [-0.39, 0.29) is 18.9 Å². The highest BCUT2D eigenvalue weighted by Gasteiger charge is 2.39. The summed E-state index contributed by atoms with van der Waals surface area (Å²) in [5.74, 6) is -0.389. The van der Waals surface area contributed by atoms with Crippen LogP contribution in [0.1, 0.15) is 6.42 Å². The SMILES string of the molecule is O=C1CC(S(=O)(=O)F)CN1c1ccncc1I. The molecule has 0 aliphatic carbocycles. The fourth-order valence-corrected chi connectivity index (χ4v) is 2.98. The van der Waals surface area contributed by atoms with E-state index >= 15 is 0 Å². The highest BCUT2D eigenvalue weighted by Crippen LogP contribution is 2.28. The molecule has 0 radical (unpaired) electrons. The van der Waals surface area contributed by atoms with Gasteiger partial charge in [-0.25, -0.2) is 0 Å². The van der Waals surface area contributed by atoms with Gasteiger partial charge in [0.25, 0.3) is 0 Å². The molecule has 1 aliphatic rings. The van der Waals surface area contributed by atoms with Crippen LogP contribution in [0.4, 0.5) is 9.57 Å².